The summed E-state index contributed by atoms with van der Waals surface area (Å²) in [7, 11) is 0. The number of halogens is 3. The fourth-order valence-electron chi connectivity index (χ4n) is 1.72. The van der Waals surface area contributed by atoms with Gasteiger partial charge in [-0.05, 0) is 41.9 Å². The van der Waals surface area contributed by atoms with Crippen LogP contribution in [0.4, 0.5) is 4.39 Å². The van der Waals surface area contributed by atoms with E-state index >= 15 is 0 Å². The van der Waals surface area contributed by atoms with Gasteiger partial charge < -0.3 is 0 Å². The van der Waals surface area contributed by atoms with Crippen molar-refractivity contribution >= 4 is 27.5 Å². The van der Waals surface area contributed by atoms with E-state index in [0.29, 0.717) is 16.3 Å². The van der Waals surface area contributed by atoms with E-state index in [1.165, 1.54) is 6.07 Å². The molecule has 5 heteroatoms. The van der Waals surface area contributed by atoms with Gasteiger partial charge in [-0.1, -0.05) is 17.7 Å². The van der Waals surface area contributed by atoms with Crippen molar-refractivity contribution in [2.75, 3.05) is 0 Å². The summed E-state index contributed by atoms with van der Waals surface area (Å²) in [5.41, 5.74) is 1.85. The highest BCUT2D eigenvalue weighted by atomic mass is 79.9. The third-order valence-corrected chi connectivity index (χ3v) is 3.90. The number of aryl methyl sites for hydroxylation is 1. The second-order valence-electron chi connectivity index (χ2n) is 3.66. The first-order valence-corrected chi connectivity index (χ1v) is 6.40. The van der Waals surface area contributed by atoms with Crippen LogP contribution in [0.2, 0.25) is 5.02 Å². The Bertz CT molecular complexity index is 546. The summed E-state index contributed by atoms with van der Waals surface area (Å²) < 4.78 is 16.4. The van der Waals surface area contributed by atoms with Gasteiger partial charge in [0.05, 0.1) is 20.8 Å². The molecule has 0 atom stereocenters. The van der Waals surface area contributed by atoms with Crippen LogP contribution < -0.4 is 0 Å². The molecule has 0 saturated heterocycles. The molecule has 0 unspecified atom stereocenters. The van der Waals surface area contributed by atoms with Crippen molar-refractivity contribution in [1.82, 2.24) is 9.78 Å². The quantitative estimate of drug-likeness (QED) is 0.801. The number of benzene rings is 1. The smallest absolute Gasteiger partial charge is 0.134 e. The maximum absolute atomic E-state index is 13.8. The van der Waals surface area contributed by atoms with E-state index in [9.17, 15) is 4.39 Å². The Hall–Kier alpha value is -0.870. The van der Waals surface area contributed by atoms with Crippen LogP contribution >= 0.6 is 27.5 Å². The Kier molecular flexibility index (Phi) is 3.54. The van der Waals surface area contributed by atoms with Gasteiger partial charge in [-0.3, -0.25) is 4.68 Å². The highest BCUT2D eigenvalue weighted by Crippen LogP contribution is 2.36. The predicted octanol–water partition coefficient (Wildman–Crippen LogP) is 4.43. The molecule has 17 heavy (non-hydrogen) atoms. The number of aromatic nitrogens is 2. The Balaban J connectivity index is 2.69. The van der Waals surface area contributed by atoms with Crippen molar-refractivity contribution in [2.24, 2.45) is 0 Å². The molecule has 0 radical (unpaired) electrons. The van der Waals surface area contributed by atoms with Crippen LogP contribution in [0.1, 0.15) is 12.6 Å². The second kappa shape index (κ2) is 4.78. The zero-order chi connectivity index (χ0) is 12.6. The summed E-state index contributed by atoms with van der Waals surface area (Å²) in [6.45, 7) is 4.65. The number of nitrogens with zero attached hydrogens (tertiary/aromatic N) is 2. The molecule has 1 aromatic carbocycles. The molecule has 0 spiro atoms. The highest BCUT2D eigenvalue weighted by Gasteiger charge is 2.18. The molecule has 2 nitrogen and oxygen atoms in total. The lowest BCUT2D eigenvalue weighted by Crippen LogP contribution is -1.98. The van der Waals surface area contributed by atoms with E-state index in [0.717, 1.165) is 16.7 Å². The van der Waals surface area contributed by atoms with Crippen LogP contribution in [0.5, 0.6) is 0 Å². The molecule has 90 valence electrons. The van der Waals surface area contributed by atoms with E-state index in [4.69, 9.17) is 11.6 Å². The van der Waals surface area contributed by atoms with Crippen LogP contribution in [-0.4, -0.2) is 9.78 Å². The third-order valence-electron chi connectivity index (χ3n) is 2.63. The second-order valence-corrected chi connectivity index (χ2v) is 4.86. The van der Waals surface area contributed by atoms with Crippen LogP contribution in [0.3, 0.4) is 0 Å². The summed E-state index contributed by atoms with van der Waals surface area (Å²) in [4.78, 5) is 0. The molecular formula is C12H11BrClFN2. The van der Waals surface area contributed by atoms with Crippen LogP contribution in [0, 0.1) is 12.7 Å². The molecule has 0 aliphatic rings. The topological polar surface area (TPSA) is 17.8 Å². The van der Waals surface area contributed by atoms with Crippen molar-refractivity contribution in [3.05, 3.63) is 39.2 Å². The molecule has 0 saturated carbocycles. The SMILES string of the molecule is CCn1nc(-c2c(F)cccc2Cl)c(Br)c1C. The minimum atomic E-state index is -0.362. The lowest BCUT2D eigenvalue weighted by Gasteiger charge is -2.02. The molecule has 0 N–H and O–H groups in total. The summed E-state index contributed by atoms with van der Waals surface area (Å²) in [6, 6.07) is 4.62. The van der Waals surface area contributed by atoms with Gasteiger partial charge in [-0.25, -0.2) is 4.39 Å². The summed E-state index contributed by atoms with van der Waals surface area (Å²) in [5.74, 6) is -0.362. The monoisotopic (exact) mass is 316 g/mol. The first-order chi connectivity index (χ1) is 8.06. The van der Waals surface area contributed by atoms with E-state index in [2.05, 4.69) is 21.0 Å². The van der Waals surface area contributed by atoms with Gasteiger partial charge in [0, 0.05) is 6.54 Å². The first kappa shape index (κ1) is 12.6. The number of hydrogen-bond donors (Lipinski definition) is 0. The molecule has 0 amide bonds. The van der Waals surface area contributed by atoms with Gasteiger partial charge in [-0.15, -0.1) is 0 Å². The molecule has 0 aliphatic carbocycles. The van der Waals surface area contributed by atoms with E-state index in [-0.39, 0.29) is 5.82 Å². The maximum Gasteiger partial charge on any atom is 0.134 e. The fraction of sp³-hybridized carbons (Fsp3) is 0.250. The van der Waals surface area contributed by atoms with Crippen LogP contribution in [0.25, 0.3) is 11.3 Å². The average molecular weight is 318 g/mol. The van der Waals surface area contributed by atoms with Gasteiger partial charge in [-0.2, -0.15) is 5.10 Å². The zero-order valence-electron chi connectivity index (χ0n) is 9.47. The van der Waals surface area contributed by atoms with Crippen molar-refractivity contribution in [2.45, 2.75) is 20.4 Å². The molecule has 1 aromatic heterocycles. The van der Waals surface area contributed by atoms with E-state index < -0.39 is 0 Å². The van der Waals surface area contributed by atoms with Gasteiger partial charge >= 0.3 is 0 Å². The Morgan fingerprint density at radius 3 is 2.71 bits per heavy atom. The van der Waals surface area contributed by atoms with E-state index in [1.807, 2.05) is 18.5 Å². The number of hydrogen-bond acceptors (Lipinski definition) is 1. The normalized spacial score (nSPS) is 10.9. The van der Waals surface area contributed by atoms with Crippen molar-refractivity contribution in [3.63, 3.8) is 0 Å². The molecule has 0 aliphatic heterocycles. The number of rotatable bonds is 2. The average Bonchev–Trinajstić information content (AvgIpc) is 2.57. The Morgan fingerprint density at radius 1 is 1.47 bits per heavy atom. The third kappa shape index (κ3) is 2.11. The van der Waals surface area contributed by atoms with Gasteiger partial charge in [0.25, 0.3) is 0 Å². The molecule has 2 rings (SSSR count). The summed E-state index contributed by atoms with van der Waals surface area (Å²) in [6.07, 6.45) is 0. The standard InChI is InChI=1S/C12H11BrClFN2/c1-3-17-7(2)11(13)12(16-17)10-8(14)5-4-6-9(10)15/h4-6H,3H2,1-2H3. The largest absolute Gasteiger partial charge is 0.268 e. The molecule has 2 aromatic rings. The first-order valence-electron chi connectivity index (χ1n) is 5.23. The zero-order valence-corrected chi connectivity index (χ0v) is 11.8. The Morgan fingerprint density at radius 2 is 2.18 bits per heavy atom. The van der Waals surface area contributed by atoms with Crippen molar-refractivity contribution in [3.8, 4) is 11.3 Å². The summed E-state index contributed by atoms with van der Waals surface area (Å²) in [5, 5.41) is 4.73. The molecular weight excluding hydrogens is 307 g/mol. The summed E-state index contributed by atoms with van der Waals surface area (Å²) >= 11 is 9.47. The molecule has 0 fully saturated rings. The van der Waals surface area contributed by atoms with E-state index in [1.54, 1.807) is 12.1 Å². The van der Waals surface area contributed by atoms with Crippen molar-refractivity contribution < 1.29 is 4.39 Å². The van der Waals surface area contributed by atoms with Gasteiger partial charge in [0.2, 0.25) is 0 Å². The minimum absolute atomic E-state index is 0.344. The predicted molar refractivity (Wildman–Crippen MR) is 70.7 cm³/mol. The highest BCUT2D eigenvalue weighted by molar-refractivity contribution is 9.10. The molecule has 0 bridgehead atoms. The lowest BCUT2D eigenvalue weighted by atomic mass is 10.1. The van der Waals surface area contributed by atoms with Gasteiger partial charge in [0.15, 0.2) is 0 Å². The van der Waals surface area contributed by atoms with Crippen LogP contribution in [-0.2, 0) is 6.54 Å². The van der Waals surface area contributed by atoms with Crippen LogP contribution in [0.15, 0.2) is 22.7 Å². The minimum Gasteiger partial charge on any atom is -0.268 e. The van der Waals surface area contributed by atoms with Gasteiger partial charge in [0.1, 0.15) is 11.5 Å². The Labute approximate surface area is 113 Å². The van der Waals surface area contributed by atoms with Crippen molar-refractivity contribution in [1.29, 1.82) is 0 Å². The maximum atomic E-state index is 13.8. The fourth-order valence-corrected chi connectivity index (χ4v) is 2.45. The molecule has 1 heterocycles. The lowest BCUT2D eigenvalue weighted by molar-refractivity contribution is 0.624.